The van der Waals surface area contributed by atoms with Crippen molar-refractivity contribution in [1.82, 2.24) is 5.32 Å². The number of amides is 1. The van der Waals surface area contributed by atoms with Crippen LogP contribution < -0.4 is 10.1 Å². The minimum Gasteiger partial charge on any atom is -0.497 e. The average molecular weight is 381 g/mol. The Morgan fingerprint density at radius 2 is 1.68 bits per heavy atom. The van der Waals surface area contributed by atoms with E-state index < -0.39 is 6.10 Å². The Kier molecular flexibility index (Phi) is 6.69. The third-order valence-corrected chi connectivity index (χ3v) is 5.06. The molecule has 0 aromatic heterocycles. The van der Waals surface area contributed by atoms with E-state index in [4.69, 9.17) is 9.47 Å². The van der Waals surface area contributed by atoms with Gasteiger partial charge >= 0.3 is 5.97 Å². The van der Waals surface area contributed by atoms with Crippen molar-refractivity contribution in [2.45, 2.75) is 51.7 Å². The number of nitrogens with one attached hydrogen (secondary N) is 1. The normalized spacial score (nSPS) is 13.9. The van der Waals surface area contributed by atoms with E-state index in [1.807, 2.05) is 30.3 Å². The van der Waals surface area contributed by atoms with E-state index in [0.29, 0.717) is 6.54 Å². The first-order valence-corrected chi connectivity index (χ1v) is 9.76. The standard InChI is InChI=1S/C23H27NO4/c1-16(23(26)24-15-17-8-11-21(27-2)12-9-17)28-22(25)14-18-7-10-19-5-3-4-6-20(19)13-18/h7-13,16H,3-6,14-15H2,1-2H3,(H,24,26)/t16-/m1/s1. The molecular formula is C23H27NO4. The summed E-state index contributed by atoms with van der Waals surface area (Å²) >= 11 is 0. The number of aryl methyl sites for hydroxylation is 2. The molecule has 1 N–H and O–H groups in total. The first kappa shape index (κ1) is 19.9. The van der Waals surface area contributed by atoms with E-state index in [-0.39, 0.29) is 18.3 Å². The maximum atomic E-state index is 12.2. The molecule has 0 saturated carbocycles. The van der Waals surface area contributed by atoms with Crippen LogP contribution in [0.4, 0.5) is 0 Å². The second-order valence-corrected chi connectivity index (χ2v) is 7.18. The second-order valence-electron chi connectivity index (χ2n) is 7.18. The van der Waals surface area contributed by atoms with E-state index in [1.54, 1.807) is 14.0 Å². The van der Waals surface area contributed by atoms with Crippen molar-refractivity contribution in [2.24, 2.45) is 0 Å². The SMILES string of the molecule is COc1ccc(CNC(=O)[C@@H](C)OC(=O)Cc2ccc3c(c2)CCCC3)cc1. The van der Waals surface area contributed by atoms with E-state index in [2.05, 4.69) is 17.4 Å². The maximum absolute atomic E-state index is 12.2. The summed E-state index contributed by atoms with van der Waals surface area (Å²) in [6.07, 6.45) is 3.98. The Bertz CT molecular complexity index is 829. The summed E-state index contributed by atoms with van der Waals surface area (Å²) in [7, 11) is 1.61. The second kappa shape index (κ2) is 9.40. The lowest BCUT2D eigenvalue weighted by Gasteiger charge is -2.17. The highest BCUT2D eigenvalue weighted by Crippen LogP contribution is 2.22. The predicted octanol–water partition coefficient (Wildman–Crippen LogP) is 3.36. The van der Waals surface area contributed by atoms with Gasteiger partial charge in [-0.25, -0.2) is 0 Å². The molecule has 0 aliphatic heterocycles. The summed E-state index contributed by atoms with van der Waals surface area (Å²) in [4.78, 5) is 24.4. The largest absolute Gasteiger partial charge is 0.497 e. The molecule has 0 spiro atoms. The molecule has 5 heteroatoms. The van der Waals surface area contributed by atoms with Gasteiger partial charge in [0.1, 0.15) is 5.75 Å². The van der Waals surface area contributed by atoms with E-state index >= 15 is 0 Å². The van der Waals surface area contributed by atoms with Crippen molar-refractivity contribution >= 4 is 11.9 Å². The summed E-state index contributed by atoms with van der Waals surface area (Å²) in [5.41, 5.74) is 4.61. The highest BCUT2D eigenvalue weighted by Gasteiger charge is 2.18. The van der Waals surface area contributed by atoms with Gasteiger partial charge in [0.15, 0.2) is 6.10 Å². The van der Waals surface area contributed by atoms with Gasteiger partial charge in [-0.2, -0.15) is 0 Å². The van der Waals surface area contributed by atoms with Gasteiger partial charge in [-0.1, -0.05) is 30.3 Å². The van der Waals surface area contributed by atoms with Crippen molar-refractivity contribution in [2.75, 3.05) is 7.11 Å². The summed E-state index contributed by atoms with van der Waals surface area (Å²) in [6.45, 7) is 1.96. The molecule has 0 heterocycles. The molecule has 0 unspecified atom stereocenters. The summed E-state index contributed by atoms with van der Waals surface area (Å²) < 4.78 is 10.4. The highest BCUT2D eigenvalue weighted by atomic mass is 16.5. The van der Waals surface area contributed by atoms with Gasteiger partial charge in [0.2, 0.25) is 0 Å². The Morgan fingerprint density at radius 1 is 1.00 bits per heavy atom. The fourth-order valence-corrected chi connectivity index (χ4v) is 3.43. The summed E-state index contributed by atoms with van der Waals surface area (Å²) in [5, 5.41) is 2.79. The lowest BCUT2D eigenvalue weighted by molar-refractivity contribution is -0.154. The van der Waals surface area contributed by atoms with Crippen molar-refractivity contribution in [3.05, 3.63) is 64.7 Å². The summed E-state index contributed by atoms with van der Waals surface area (Å²) in [5.74, 6) is 0.0667. The monoisotopic (exact) mass is 381 g/mol. The Labute approximate surface area is 166 Å². The molecule has 3 rings (SSSR count). The molecule has 0 saturated heterocycles. The van der Waals surface area contributed by atoms with Crippen molar-refractivity contribution < 1.29 is 19.1 Å². The molecule has 0 radical (unpaired) electrons. The molecule has 148 valence electrons. The number of hydrogen-bond acceptors (Lipinski definition) is 4. The van der Waals surface area contributed by atoms with Gasteiger partial charge in [-0.05, 0) is 67.0 Å². The Morgan fingerprint density at radius 3 is 2.39 bits per heavy atom. The number of methoxy groups -OCH3 is 1. The molecule has 1 aliphatic rings. The van der Waals surface area contributed by atoms with Crippen LogP contribution in [0.25, 0.3) is 0 Å². The number of carbonyl (C=O) groups is 2. The Hall–Kier alpha value is -2.82. The number of ether oxygens (including phenoxy) is 2. The predicted molar refractivity (Wildman–Crippen MR) is 107 cm³/mol. The molecule has 0 fully saturated rings. The van der Waals surface area contributed by atoms with Crippen LogP contribution in [0, 0.1) is 0 Å². The fourth-order valence-electron chi connectivity index (χ4n) is 3.43. The first-order chi connectivity index (χ1) is 13.5. The van der Waals surface area contributed by atoms with Gasteiger partial charge in [-0.15, -0.1) is 0 Å². The van der Waals surface area contributed by atoms with Gasteiger partial charge in [0.05, 0.1) is 13.5 Å². The minimum absolute atomic E-state index is 0.184. The minimum atomic E-state index is -0.830. The zero-order valence-corrected chi connectivity index (χ0v) is 16.5. The molecule has 1 aliphatic carbocycles. The molecule has 2 aromatic rings. The molecular weight excluding hydrogens is 354 g/mol. The lowest BCUT2D eigenvalue weighted by atomic mass is 9.90. The maximum Gasteiger partial charge on any atom is 0.311 e. The van der Waals surface area contributed by atoms with Gasteiger partial charge in [0, 0.05) is 6.54 Å². The molecule has 28 heavy (non-hydrogen) atoms. The molecule has 0 bridgehead atoms. The Balaban J connectivity index is 1.47. The number of rotatable bonds is 7. The van der Waals surface area contributed by atoms with Crippen molar-refractivity contribution in [3.63, 3.8) is 0 Å². The molecule has 1 atom stereocenters. The third kappa shape index (κ3) is 5.35. The van der Waals surface area contributed by atoms with Crippen LogP contribution in [-0.2, 0) is 40.1 Å². The molecule has 2 aromatic carbocycles. The van der Waals surface area contributed by atoms with Gasteiger partial charge < -0.3 is 14.8 Å². The number of hydrogen-bond donors (Lipinski definition) is 1. The number of fused-ring (bicyclic) bond motifs is 1. The van der Waals surface area contributed by atoms with Crippen LogP contribution in [0.3, 0.4) is 0 Å². The van der Waals surface area contributed by atoms with Gasteiger partial charge in [-0.3, -0.25) is 9.59 Å². The fraction of sp³-hybridized carbons (Fsp3) is 0.391. The van der Waals surface area contributed by atoms with E-state index in [9.17, 15) is 9.59 Å². The van der Waals surface area contributed by atoms with Crippen LogP contribution >= 0.6 is 0 Å². The zero-order chi connectivity index (χ0) is 19.9. The van der Waals surface area contributed by atoms with E-state index in [0.717, 1.165) is 29.7 Å². The van der Waals surface area contributed by atoms with Gasteiger partial charge in [0.25, 0.3) is 5.91 Å². The number of esters is 1. The van der Waals surface area contributed by atoms with Crippen LogP contribution in [0.2, 0.25) is 0 Å². The quantitative estimate of drug-likeness (QED) is 0.747. The molecule has 1 amide bonds. The average Bonchev–Trinajstić information content (AvgIpc) is 2.72. The topological polar surface area (TPSA) is 64.6 Å². The van der Waals surface area contributed by atoms with E-state index in [1.165, 1.54) is 24.0 Å². The van der Waals surface area contributed by atoms with Crippen molar-refractivity contribution in [3.8, 4) is 5.75 Å². The smallest absolute Gasteiger partial charge is 0.311 e. The number of carbonyl (C=O) groups excluding carboxylic acids is 2. The van der Waals surface area contributed by atoms with Crippen LogP contribution in [0.1, 0.15) is 42.0 Å². The first-order valence-electron chi connectivity index (χ1n) is 9.76. The zero-order valence-electron chi connectivity index (χ0n) is 16.5. The third-order valence-electron chi connectivity index (χ3n) is 5.06. The van der Waals surface area contributed by atoms with Crippen LogP contribution in [0.15, 0.2) is 42.5 Å². The highest BCUT2D eigenvalue weighted by molar-refractivity contribution is 5.83. The summed E-state index contributed by atoms with van der Waals surface area (Å²) in [6, 6.07) is 13.6. The lowest BCUT2D eigenvalue weighted by Crippen LogP contribution is -2.35. The van der Waals surface area contributed by atoms with Crippen molar-refractivity contribution in [1.29, 1.82) is 0 Å². The van der Waals surface area contributed by atoms with Crippen LogP contribution in [0.5, 0.6) is 5.75 Å². The molecule has 5 nitrogen and oxygen atoms in total. The number of benzene rings is 2. The van der Waals surface area contributed by atoms with Crippen LogP contribution in [-0.4, -0.2) is 25.1 Å².